The predicted octanol–water partition coefficient (Wildman–Crippen LogP) is -0.957. The minimum atomic E-state index is -0.920. The van der Waals surface area contributed by atoms with Gasteiger partial charge in [-0.1, -0.05) is 45.0 Å². The Morgan fingerprint density at radius 3 is 1.47 bits per heavy atom. The van der Waals surface area contributed by atoms with Crippen molar-refractivity contribution in [1.82, 2.24) is 25.3 Å². The molecule has 1 heterocycles. The molecule has 242 valence electrons. The molecule has 0 radical (unpaired) electrons. The fourth-order valence-corrected chi connectivity index (χ4v) is 3.74. The van der Waals surface area contributed by atoms with Crippen LogP contribution in [-0.4, -0.2) is 131 Å². The molecule has 3 amide bonds. The molecule has 0 atom stereocenters. The number of primary amides is 1. The average Bonchev–Trinajstić information content (AvgIpc) is 3.04. The van der Waals surface area contributed by atoms with Crippen LogP contribution in [0.5, 0.6) is 0 Å². The van der Waals surface area contributed by atoms with Gasteiger partial charge in [-0.15, -0.1) is 0 Å². The number of carbonyl (C=O) groups excluding carboxylic acids is 3. The molecule has 0 aromatic heterocycles. The molecule has 15 heteroatoms. The van der Waals surface area contributed by atoms with E-state index in [-0.39, 0.29) is 44.9 Å². The first kappa shape index (κ1) is 38.9. The first-order valence-electron chi connectivity index (χ1n) is 14.1. The molecule has 1 aliphatic rings. The number of nitrogens with one attached hydrogen (secondary N) is 2. The molecule has 15 nitrogen and oxygen atoms in total. The summed E-state index contributed by atoms with van der Waals surface area (Å²) < 4.78 is 0. The van der Waals surface area contributed by atoms with E-state index in [1.165, 1.54) is 0 Å². The van der Waals surface area contributed by atoms with Crippen LogP contribution in [-0.2, 0) is 41.7 Å². The predicted molar refractivity (Wildman–Crippen MR) is 158 cm³/mol. The lowest BCUT2D eigenvalue weighted by atomic mass is 10.1. The van der Waals surface area contributed by atoms with E-state index in [1.54, 1.807) is 6.92 Å². The molecular formula is C28H46N6O9. The maximum atomic E-state index is 12.1. The highest BCUT2D eigenvalue weighted by Crippen LogP contribution is 2.10. The summed E-state index contributed by atoms with van der Waals surface area (Å²) in [4.78, 5) is 71.8. The van der Waals surface area contributed by atoms with Crippen LogP contribution in [0.2, 0.25) is 0 Å². The van der Waals surface area contributed by atoms with Gasteiger partial charge in [0, 0.05) is 52.2 Å². The van der Waals surface area contributed by atoms with Crippen LogP contribution in [0.25, 0.3) is 0 Å². The minimum Gasteiger partial charge on any atom is -0.481 e. The zero-order valence-electron chi connectivity index (χ0n) is 25.2. The van der Waals surface area contributed by atoms with Crippen LogP contribution in [0.15, 0.2) is 24.3 Å². The molecule has 2 rings (SSSR count). The number of carbonyl (C=O) groups is 6. The van der Waals surface area contributed by atoms with Gasteiger partial charge in [-0.3, -0.25) is 43.5 Å². The van der Waals surface area contributed by atoms with Crippen molar-refractivity contribution in [2.45, 2.75) is 40.2 Å². The highest BCUT2D eigenvalue weighted by molar-refractivity contribution is 5.88. The maximum absolute atomic E-state index is 12.1. The number of hydrogen-bond donors (Lipinski definition) is 6. The Hall–Kier alpha value is -4.08. The van der Waals surface area contributed by atoms with E-state index in [9.17, 15) is 39.0 Å². The fraction of sp³-hybridized carbons (Fsp3) is 0.571. The van der Waals surface area contributed by atoms with Crippen molar-refractivity contribution in [3.05, 3.63) is 35.4 Å². The van der Waals surface area contributed by atoms with Crippen LogP contribution < -0.4 is 16.4 Å². The van der Waals surface area contributed by atoms with Gasteiger partial charge in [0.1, 0.15) is 0 Å². The Morgan fingerprint density at radius 1 is 0.674 bits per heavy atom. The van der Waals surface area contributed by atoms with Crippen LogP contribution in [0.4, 0.5) is 0 Å². The van der Waals surface area contributed by atoms with Gasteiger partial charge in [-0.2, -0.15) is 0 Å². The summed E-state index contributed by atoms with van der Waals surface area (Å²) in [5.41, 5.74) is 6.71. The topological polar surface area (TPSA) is 223 Å². The molecule has 0 aliphatic carbocycles. The standard InChI is InChI=1S/C23H34N6O7.C3H6O2.C2H6/c24-19(30)12-25-21(32)13-26-20(31)11-17-1-3-18(4-2-17)14-27-5-7-28(15-22(33)34)9-10-29(8-6-27)16-23(35)36;1-2-3(4)5;1-2/h1-4H,5-16H2,(H2,24,30)(H,25,32)(H,26,31)(H,33,34)(H,35,36);2H2,1H3,(H,4,5);1-2H3. The Morgan fingerprint density at radius 2 is 1.07 bits per heavy atom. The number of nitrogens with two attached hydrogens (primary N) is 1. The number of amides is 3. The summed E-state index contributed by atoms with van der Waals surface area (Å²) in [5, 5.41) is 30.8. The van der Waals surface area contributed by atoms with Crippen molar-refractivity contribution in [3.63, 3.8) is 0 Å². The quantitative estimate of drug-likeness (QED) is 0.159. The van der Waals surface area contributed by atoms with Crippen molar-refractivity contribution in [1.29, 1.82) is 0 Å². The highest BCUT2D eigenvalue weighted by Gasteiger charge is 2.19. The second-order valence-electron chi connectivity index (χ2n) is 9.38. The molecule has 1 fully saturated rings. The smallest absolute Gasteiger partial charge is 0.317 e. The van der Waals surface area contributed by atoms with Crippen LogP contribution >= 0.6 is 0 Å². The number of nitrogens with zero attached hydrogens (tertiary/aromatic N) is 3. The van der Waals surface area contributed by atoms with Gasteiger partial charge in [0.05, 0.1) is 32.6 Å². The molecule has 0 unspecified atom stereocenters. The number of hydrogen-bond acceptors (Lipinski definition) is 9. The van der Waals surface area contributed by atoms with Crippen molar-refractivity contribution in [2.75, 3.05) is 65.4 Å². The fourth-order valence-electron chi connectivity index (χ4n) is 3.74. The molecule has 1 aromatic rings. The number of carboxylic acid groups (broad SMARTS) is 3. The Balaban J connectivity index is 0.00000227. The molecule has 0 spiro atoms. The largest absolute Gasteiger partial charge is 0.481 e. The van der Waals surface area contributed by atoms with E-state index < -0.39 is 29.7 Å². The minimum absolute atomic E-state index is 0.0847. The third-order valence-electron chi connectivity index (χ3n) is 5.92. The van der Waals surface area contributed by atoms with Crippen LogP contribution in [0.3, 0.4) is 0 Å². The zero-order valence-corrected chi connectivity index (χ0v) is 25.2. The van der Waals surface area contributed by atoms with E-state index in [0.717, 1.165) is 11.1 Å². The Kier molecular flexibility index (Phi) is 20.4. The summed E-state index contributed by atoms with van der Waals surface area (Å²) in [6.45, 7) is 8.80. The third-order valence-corrected chi connectivity index (χ3v) is 5.92. The second kappa shape index (κ2) is 22.5. The van der Waals surface area contributed by atoms with E-state index in [4.69, 9.17) is 10.8 Å². The van der Waals surface area contributed by atoms with Gasteiger partial charge in [-0.05, 0) is 11.1 Å². The third kappa shape index (κ3) is 20.4. The van der Waals surface area contributed by atoms with Gasteiger partial charge in [0.25, 0.3) is 0 Å². The number of benzene rings is 1. The summed E-state index contributed by atoms with van der Waals surface area (Å²) >= 11 is 0. The van der Waals surface area contributed by atoms with Crippen molar-refractivity contribution >= 4 is 35.6 Å². The lowest BCUT2D eigenvalue weighted by molar-refractivity contribution is -0.140. The van der Waals surface area contributed by atoms with Crippen LogP contribution in [0, 0.1) is 0 Å². The van der Waals surface area contributed by atoms with Crippen molar-refractivity contribution < 1.29 is 44.1 Å². The van der Waals surface area contributed by atoms with Gasteiger partial charge in [0.2, 0.25) is 17.7 Å². The van der Waals surface area contributed by atoms with E-state index in [2.05, 4.69) is 15.5 Å². The number of aliphatic carboxylic acids is 3. The van der Waals surface area contributed by atoms with E-state index in [0.29, 0.717) is 45.8 Å². The van der Waals surface area contributed by atoms with Gasteiger partial charge in [0.15, 0.2) is 0 Å². The summed E-state index contributed by atoms with van der Waals surface area (Å²) in [6, 6.07) is 7.45. The van der Waals surface area contributed by atoms with Gasteiger partial charge >= 0.3 is 17.9 Å². The van der Waals surface area contributed by atoms with E-state index in [1.807, 2.05) is 47.9 Å². The maximum Gasteiger partial charge on any atom is 0.317 e. The summed E-state index contributed by atoms with van der Waals surface area (Å²) in [7, 11) is 0. The monoisotopic (exact) mass is 610 g/mol. The molecule has 0 bridgehead atoms. The first-order valence-corrected chi connectivity index (χ1v) is 14.1. The molecule has 1 aromatic carbocycles. The number of rotatable bonds is 13. The lowest BCUT2D eigenvalue weighted by Crippen LogP contribution is -2.40. The molecule has 1 saturated heterocycles. The molecular weight excluding hydrogens is 564 g/mol. The van der Waals surface area contributed by atoms with Crippen molar-refractivity contribution in [3.8, 4) is 0 Å². The van der Waals surface area contributed by atoms with Crippen LogP contribution in [0.1, 0.15) is 38.3 Å². The molecule has 0 saturated carbocycles. The van der Waals surface area contributed by atoms with E-state index >= 15 is 0 Å². The number of carboxylic acids is 3. The first-order chi connectivity index (χ1) is 20.4. The Bertz CT molecular complexity index is 1010. The summed E-state index contributed by atoms with van der Waals surface area (Å²) in [6.07, 6.45) is 0.307. The zero-order chi connectivity index (χ0) is 32.8. The lowest BCUT2D eigenvalue weighted by Gasteiger charge is -2.25. The second-order valence-corrected chi connectivity index (χ2v) is 9.38. The van der Waals surface area contributed by atoms with Crippen molar-refractivity contribution in [2.24, 2.45) is 5.73 Å². The molecule has 43 heavy (non-hydrogen) atoms. The average molecular weight is 611 g/mol. The SMILES string of the molecule is CC.CCC(=O)O.NC(=O)CNC(=O)CNC(=O)Cc1ccc(CN2CCN(CC(=O)O)CCN(CC(=O)O)CC2)cc1. The Labute approximate surface area is 252 Å². The molecule has 7 N–H and O–H groups in total. The highest BCUT2D eigenvalue weighted by atomic mass is 16.4. The molecule has 1 aliphatic heterocycles. The normalized spacial score (nSPS) is 14.2. The van der Waals surface area contributed by atoms with Gasteiger partial charge < -0.3 is 31.7 Å². The summed E-state index contributed by atoms with van der Waals surface area (Å²) in [5.74, 6) is -4.10. The van der Waals surface area contributed by atoms with Gasteiger partial charge in [-0.25, -0.2) is 0 Å².